The Bertz CT molecular complexity index is 882. The van der Waals surface area contributed by atoms with Crippen LogP contribution in [0.4, 0.5) is 5.13 Å². The summed E-state index contributed by atoms with van der Waals surface area (Å²) < 4.78 is 0. The highest BCUT2D eigenvalue weighted by molar-refractivity contribution is 8.00. The third-order valence-electron chi connectivity index (χ3n) is 3.71. The zero-order valence-corrected chi connectivity index (χ0v) is 14.1. The number of carbonyl (C=O) groups excluding carboxylic acids is 1. The van der Waals surface area contributed by atoms with Gasteiger partial charge in [0, 0.05) is 0 Å². The number of hydrogen-bond acceptors (Lipinski definition) is 6. The van der Waals surface area contributed by atoms with Gasteiger partial charge in [0.05, 0.1) is 11.3 Å². The molecule has 1 amide bonds. The zero-order valence-electron chi connectivity index (χ0n) is 12.5. The van der Waals surface area contributed by atoms with E-state index in [0.717, 1.165) is 5.56 Å². The van der Waals surface area contributed by atoms with Gasteiger partial charge in [-0.25, -0.2) is 0 Å². The molecule has 1 aliphatic heterocycles. The standard InChI is InChI=1S/C17H13N3O2S2/c21-13-9-5-4-8-12(13)15-18-19-17(24-15)20-14(22)10-23-16(20)11-6-2-1-3-7-11/h1-9,16,21H,10H2. The number of benzene rings is 2. The largest absolute Gasteiger partial charge is 0.507 e. The fourth-order valence-corrected chi connectivity index (χ4v) is 4.72. The number of aromatic nitrogens is 2. The summed E-state index contributed by atoms with van der Waals surface area (Å²) in [6.07, 6.45) is 0. The summed E-state index contributed by atoms with van der Waals surface area (Å²) in [5.41, 5.74) is 1.68. The number of nitrogens with zero attached hydrogens (tertiary/aromatic N) is 3. The summed E-state index contributed by atoms with van der Waals surface area (Å²) in [6.45, 7) is 0. The predicted octanol–water partition coefficient (Wildman–Crippen LogP) is 3.69. The first kappa shape index (κ1) is 15.2. The van der Waals surface area contributed by atoms with Crippen LogP contribution in [0.25, 0.3) is 10.6 Å². The van der Waals surface area contributed by atoms with Crippen molar-refractivity contribution in [2.24, 2.45) is 0 Å². The average Bonchev–Trinajstić information content (AvgIpc) is 3.22. The van der Waals surface area contributed by atoms with Crippen molar-refractivity contribution in [1.82, 2.24) is 10.2 Å². The number of hydrogen-bond donors (Lipinski definition) is 1. The molecule has 0 saturated carbocycles. The Morgan fingerprint density at radius 1 is 1.04 bits per heavy atom. The van der Waals surface area contributed by atoms with Gasteiger partial charge < -0.3 is 5.11 Å². The van der Waals surface area contributed by atoms with Crippen molar-refractivity contribution in [2.75, 3.05) is 10.7 Å². The molecule has 3 aromatic rings. The monoisotopic (exact) mass is 355 g/mol. The van der Waals surface area contributed by atoms with E-state index < -0.39 is 0 Å². The molecule has 1 aliphatic rings. The number of carbonyl (C=O) groups is 1. The van der Waals surface area contributed by atoms with Crippen LogP contribution in [-0.2, 0) is 4.79 Å². The maximum Gasteiger partial charge on any atom is 0.240 e. The Balaban J connectivity index is 1.70. The van der Waals surface area contributed by atoms with Gasteiger partial charge in [0.2, 0.25) is 11.0 Å². The lowest BCUT2D eigenvalue weighted by atomic mass is 10.2. The van der Waals surface area contributed by atoms with E-state index in [1.165, 1.54) is 11.3 Å². The molecule has 1 saturated heterocycles. The van der Waals surface area contributed by atoms with Gasteiger partial charge in [0.15, 0.2) is 5.01 Å². The second-order valence-electron chi connectivity index (χ2n) is 5.24. The maximum atomic E-state index is 12.4. The Kier molecular flexibility index (Phi) is 3.95. The van der Waals surface area contributed by atoms with Gasteiger partial charge in [-0.1, -0.05) is 53.8 Å². The van der Waals surface area contributed by atoms with Crippen LogP contribution >= 0.6 is 23.1 Å². The van der Waals surface area contributed by atoms with Crippen LogP contribution in [-0.4, -0.2) is 27.0 Å². The highest BCUT2D eigenvalue weighted by Crippen LogP contribution is 2.44. The second-order valence-corrected chi connectivity index (χ2v) is 7.27. The van der Waals surface area contributed by atoms with Gasteiger partial charge >= 0.3 is 0 Å². The first-order valence-corrected chi connectivity index (χ1v) is 9.21. The van der Waals surface area contributed by atoms with Gasteiger partial charge in [0.1, 0.15) is 11.1 Å². The summed E-state index contributed by atoms with van der Waals surface area (Å²) >= 11 is 2.89. The lowest BCUT2D eigenvalue weighted by Crippen LogP contribution is -2.27. The summed E-state index contributed by atoms with van der Waals surface area (Å²) in [4.78, 5) is 14.1. The van der Waals surface area contributed by atoms with Crippen LogP contribution < -0.4 is 4.90 Å². The van der Waals surface area contributed by atoms with E-state index in [1.807, 2.05) is 36.4 Å². The van der Waals surface area contributed by atoms with Crippen molar-refractivity contribution in [1.29, 1.82) is 0 Å². The minimum absolute atomic E-state index is 0.0221. The van der Waals surface area contributed by atoms with Crippen LogP contribution in [0, 0.1) is 0 Å². The molecule has 24 heavy (non-hydrogen) atoms. The van der Waals surface area contributed by atoms with Crippen LogP contribution in [0.15, 0.2) is 54.6 Å². The van der Waals surface area contributed by atoms with Crippen molar-refractivity contribution in [3.8, 4) is 16.3 Å². The molecule has 0 aliphatic carbocycles. The highest BCUT2D eigenvalue weighted by Gasteiger charge is 2.36. The molecule has 4 rings (SSSR count). The normalized spacial score (nSPS) is 17.4. The van der Waals surface area contributed by atoms with Crippen LogP contribution in [0.3, 0.4) is 0 Å². The Labute approximate surface area is 147 Å². The smallest absolute Gasteiger partial charge is 0.240 e. The van der Waals surface area contributed by atoms with Crippen molar-refractivity contribution < 1.29 is 9.90 Å². The van der Waals surface area contributed by atoms with E-state index in [0.29, 0.717) is 21.5 Å². The minimum atomic E-state index is -0.0936. The van der Waals surface area contributed by atoms with Crippen molar-refractivity contribution >= 4 is 34.1 Å². The van der Waals surface area contributed by atoms with E-state index in [1.54, 1.807) is 34.9 Å². The highest BCUT2D eigenvalue weighted by atomic mass is 32.2. The molecule has 1 aromatic heterocycles. The summed E-state index contributed by atoms with van der Waals surface area (Å²) in [5.74, 6) is 0.598. The molecular weight excluding hydrogens is 342 g/mol. The molecule has 1 N–H and O–H groups in total. The summed E-state index contributed by atoms with van der Waals surface area (Å²) in [7, 11) is 0. The van der Waals surface area contributed by atoms with E-state index in [2.05, 4.69) is 10.2 Å². The quantitative estimate of drug-likeness (QED) is 0.776. The van der Waals surface area contributed by atoms with Gasteiger partial charge in [-0.15, -0.1) is 22.0 Å². The van der Waals surface area contributed by atoms with Gasteiger partial charge in [0.25, 0.3) is 0 Å². The molecule has 2 aromatic carbocycles. The number of aromatic hydroxyl groups is 1. The molecule has 1 atom stereocenters. The Morgan fingerprint density at radius 3 is 2.58 bits per heavy atom. The van der Waals surface area contributed by atoms with E-state index in [9.17, 15) is 9.90 Å². The van der Waals surface area contributed by atoms with Gasteiger partial charge in [-0.05, 0) is 17.7 Å². The first-order valence-electron chi connectivity index (χ1n) is 7.34. The van der Waals surface area contributed by atoms with E-state index in [4.69, 9.17) is 0 Å². The van der Waals surface area contributed by atoms with Gasteiger partial charge in [-0.3, -0.25) is 9.69 Å². The number of rotatable bonds is 3. The molecule has 5 nitrogen and oxygen atoms in total. The lowest BCUT2D eigenvalue weighted by Gasteiger charge is -2.20. The molecule has 1 unspecified atom stereocenters. The van der Waals surface area contributed by atoms with Crippen LogP contribution in [0.2, 0.25) is 0 Å². The molecule has 1 fully saturated rings. The molecule has 2 heterocycles. The topological polar surface area (TPSA) is 66.3 Å². The van der Waals surface area contributed by atoms with E-state index in [-0.39, 0.29) is 17.0 Å². The molecule has 0 bridgehead atoms. The molecular formula is C17H13N3O2S2. The number of anilines is 1. The maximum absolute atomic E-state index is 12.4. The SMILES string of the molecule is O=C1CSC(c2ccccc2)N1c1nnc(-c2ccccc2O)s1. The Hall–Kier alpha value is -2.38. The lowest BCUT2D eigenvalue weighted by molar-refractivity contribution is -0.115. The molecule has 0 radical (unpaired) electrons. The average molecular weight is 355 g/mol. The fraction of sp³-hybridized carbons (Fsp3) is 0.118. The molecule has 120 valence electrons. The number of phenols is 1. The van der Waals surface area contributed by atoms with E-state index >= 15 is 0 Å². The molecule has 7 heteroatoms. The number of para-hydroxylation sites is 1. The van der Waals surface area contributed by atoms with Crippen LogP contribution in [0.1, 0.15) is 10.9 Å². The first-order chi connectivity index (χ1) is 11.7. The molecule has 0 spiro atoms. The minimum Gasteiger partial charge on any atom is -0.507 e. The number of amides is 1. The fourth-order valence-electron chi connectivity index (χ4n) is 2.57. The Morgan fingerprint density at radius 2 is 1.79 bits per heavy atom. The third-order valence-corrected chi connectivity index (χ3v) is 5.88. The number of phenolic OH excluding ortho intramolecular Hbond substituents is 1. The summed E-state index contributed by atoms with van der Waals surface area (Å²) in [6, 6.07) is 16.9. The third kappa shape index (κ3) is 2.65. The van der Waals surface area contributed by atoms with Crippen molar-refractivity contribution in [3.05, 3.63) is 60.2 Å². The van der Waals surface area contributed by atoms with Gasteiger partial charge in [-0.2, -0.15) is 0 Å². The van der Waals surface area contributed by atoms with Crippen LogP contribution in [0.5, 0.6) is 5.75 Å². The second kappa shape index (κ2) is 6.26. The number of thioether (sulfide) groups is 1. The summed E-state index contributed by atoms with van der Waals surface area (Å²) in [5, 5.41) is 19.4. The predicted molar refractivity (Wildman–Crippen MR) is 96.1 cm³/mol. The zero-order chi connectivity index (χ0) is 16.5. The van der Waals surface area contributed by atoms with Crippen molar-refractivity contribution in [2.45, 2.75) is 5.37 Å². The van der Waals surface area contributed by atoms with Crippen molar-refractivity contribution in [3.63, 3.8) is 0 Å².